The molecule has 31 heavy (non-hydrogen) atoms. The molecule has 3 aromatic rings. The lowest BCUT2D eigenvalue weighted by Crippen LogP contribution is -2.32. The van der Waals surface area contributed by atoms with E-state index in [1.54, 1.807) is 36.4 Å². The minimum Gasteiger partial charge on any atom is -0.490 e. The van der Waals surface area contributed by atoms with Crippen LogP contribution in [0.4, 0.5) is 19.4 Å². The zero-order valence-electron chi connectivity index (χ0n) is 15.9. The number of rotatable bonds is 4. The lowest BCUT2D eigenvalue weighted by atomic mass is 10.0. The number of hydrogen-bond acceptors (Lipinski definition) is 4. The molecule has 6 nitrogen and oxygen atoms in total. The van der Waals surface area contributed by atoms with Crippen molar-refractivity contribution in [3.05, 3.63) is 76.9 Å². The number of ether oxygens (including phenoxy) is 2. The third kappa shape index (κ3) is 3.86. The second-order valence-corrected chi connectivity index (χ2v) is 7.77. The Labute approximate surface area is 181 Å². The number of amides is 2. The second kappa shape index (κ2) is 7.70. The molecule has 1 saturated carbocycles. The fourth-order valence-electron chi connectivity index (χ4n) is 3.84. The van der Waals surface area contributed by atoms with Gasteiger partial charge in [-0.1, -0.05) is 17.7 Å². The molecule has 2 N–H and O–H groups in total. The van der Waals surface area contributed by atoms with Gasteiger partial charge in [-0.05, 0) is 42.5 Å². The van der Waals surface area contributed by atoms with Gasteiger partial charge in [-0.2, -0.15) is 0 Å². The van der Waals surface area contributed by atoms with Crippen LogP contribution in [0, 0.1) is 17.6 Å². The molecule has 2 amide bonds. The Morgan fingerprint density at radius 1 is 1.13 bits per heavy atom. The standard InChI is InChI=1S/C22H16ClF2N3O3/c23-11-2-1-3-12(8-11)31-13-4-7-17(26-9-13)27-22(29)28-20-14-10-30-21-16(25)6-5-15(24)19(21)18(14)20/h1-9,14,18,20H,10H2,(H2,26,27,28,29)/t14-,18+,20+/m0/s1. The van der Waals surface area contributed by atoms with Gasteiger partial charge in [0.05, 0.1) is 12.8 Å². The number of anilines is 1. The van der Waals surface area contributed by atoms with Gasteiger partial charge in [0, 0.05) is 28.5 Å². The summed E-state index contributed by atoms with van der Waals surface area (Å²) in [6.45, 7) is 0.219. The number of aromatic nitrogens is 1. The zero-order chi connectivity index (χ0) is 21.5. The number of pyridine rings is 1. The van der Waals surface area contributed by atoms with Crippen molar-refractivity contribution in [1.29, 1.82) is 0 Å². The van der Waals surface area contributed by atoms with E-state index in [0.717, 1.165) is 12.1 Å². The van der Waals surface area contributed by atoms with E-state index in [9.17, 15) is 13.6 Å². The fraction of sp³-hybridized carbons (Fsp3) is 0.182. The first kappa shape index (κ1) is 19.6. The summed E-state index contributed by atoms with van der Waals surface area (Å²) in [6.07, 6.45) is 1.47. The summed E-state index contributed by atoms with van der Waals surface area (Å²) in [5.74, 6) is -0.260. The van der Waals surface area contributed by atoms with Crippen LogP contribution in [0.15, 0.2) is 54.7 Å². The molecule has 2 aromatic carbocycles. The molecule has 158 valence electrons. The van der Waals surface area contributed by atoms with Gasteiger partial charge in [0.25, 0.3) is 0 Å². The van der Waals surface area contributed by atoms with Gasteiger partial charge >= 0.3 is 6.03 Å². The van der Waals surface area contributed by atoms with Crippen molar-refractivity contribution in [1.82, 2.24) is 10.3 Å². The highest BCUT2D eigenvalue weighted by Crippen LogP contribution is 2.55. The zero-order valence-corrected chi connectivity index (χ0v) is 16.7. The molecule has 0 saturated heterocycles. The van der Waals surface area contributed by atoms with Gasteiger partial charge < -0.3 is 14.8 Å². The lowest BCUT2D eigenvalue weighted by Gasteiger charge is -2.16. The lowest BCUT2D eigenvalue weighted by molar-refractivity contribution is 0.247. The van der Waals surface area contributed by atoms with Gasteiger partial charge in [-0.15, -0.1) is 0 Å². The maximum absolute atomic E-state index is 14.2. The summed E-state index contributed by atoms with van der Waals surface area (Å²) in [7, 11) is 0. The summed E-state index contributed by atoms with van der Waals surface area (Å²) in [6, 6.07) is 11.5. The Balaban J connectivity index is 1.20. The van der Waals surface area contributed by atoms with E-state index in [1.165, 1.54) is 6.20 Å². The van der Waals surface area contributed by atoms with E-state index in [0.29, 0.717) is 22.3 Å². The minimum atomic E-state index is -0.603. The number of fused-ring (bicyclic) bond motifs is 3. The van der Waals surface area contributed by atoms with Crippen molar-refractivity contribution in [3.8, 4) is 17.2 Å². The third-order valence-electron chi connectivity index (χ3n) is 5.32. The van der Waals surface area contributed by atoms with Crippen LogP contribution < -0.4 is 20.1 Å². The summed E-state index contributed by atoms with van der Waals surface area (Å²) >= 11 is 5.93. The molecular formula is C22H16ClF2N3O3. The van der Waals surface area contributed by atoms with E-state index >= 15 is 0 Å². The van der Waals surface area contributed by atoms with Gasteiger partial charge in [0.15, 0.2) is 11.6 Å². The van der Waals surface area contributed by atoms with Crippen LogP contribution in [0.25, 0.3) is 0 Å². The Kier molecular flexibility index (Phi) is 4.86. The van der Waals surface area contributed by atoms with Gasteiger partial charge in [-0.3, -0.25) is 5.32 Å². The Hall–Kier alpha value is -3.39. The van der Waals surface area contributed by atoms with Crippen LogP contribution in [0.3, 0.4) is 0 Å². The first-order valence-electron chi connectivity index (χ1n) is 9.57. The van der Waals surface area contributed by atoms with Crippen LogP contribution in [0.5, 0.6) is 17.2 Å². The van der Waals surface area contributed by atoms with Crippen molar-refractivity contribution in [3.63, 3.8) is 0 Å². The molecule has 1 aliphatic carbocycles. The van der Waals surface area contributed by atoms with Gasteiger partial charge in [-0.25, -0.2) is 18.6 Å². The van der Waals surface area contributed by atoms with E-state index in [4.69, 9.17) is 21.1 Å². The highest BCUT2D eigenvalue weighted by Gasteiger charge is 2.57. The molecule has 1 aromatic heterocycles. The molecule has 3 atom stereocenters. The normalized spacial score (nSPS) is 20.7. The Morgan fingerprint density at radius 2 is 1.97 bits per heavy atom. The first-order valence-corrected chi connectivity index (χ1v) is 9.95. The second-order valence-electron chi connectivity index (χ2n) is 7.34. The topological polar surface area (TPSA) is 72.5 Å². The summed E-state index contributed by atoms with van der Waals surface area (Å²) < 4.78 is 39.1. The SMILES string of the molecule is O=C(Nc1ccc(Oc2cccc(Cl)c2)cn1)N[C@@H]1[C@H]2COc3c(F)ccc(F)c3[C@@H]21. The van der Waals surface area contributed by atoms with Crippen molar-refractivity contribution < 1.29 is 23.0 Å². The first-order chi connectivity index (χ1) is 15.0. The summed E-state index contributed by atoms with van der Waals surface area (Å²) in [5, 5.41) is 5.97. The van der Waals surface area contributed by atoms with E-state index in [1.807, 2.05) is 0 Å². The molecule has 2 heterocycles. The number of carbonyl (C=O) groups excluding carboxylic acids is 1. The van der Waals surface area contributed by atoms with Crippen molar-refractivity contribution >= 4 is 23.4 Å². The molecule has 5 rings (SSSR count). The number of benzene rings is 2. The monoisotopic (exact) mass is 443 g/mol. The van der Waals surface area contributed by atoms with Crippen LogP contribution >= 0.6 is 11.6 Å². The molecule has 9 heteroatoms. The average Bonchev–Trinajstić information content (AvgIpc) is 3.44. The molecule has 0 unspecified atom stereocenters. The van der Waals surface area contributed by atoms with Gasteiger partial charge in [0.1, 0.15) is 23.1 Å². The van der Waals surface area contributed by atoms with E-state index in [2.05, 4.69) is 15.6 Å². The minimum absolute atomic E-state index is 0.0667. The maximum atomic E-state index is 14.2. The molecule has 0 bridgehead atoms. The Bertz CT molecular complexity index is 1160. The average molecular weight is 444 g/mol. The van der Waals surface area contributed by atoms with E-state index in [-0.39, 0.29) is 35.8 Å². The highest BCUT2D eigenvalue weighted by molar-refractivity contribution is 6.30. The summed E-state index contributed by atoms with van der Waals surface area (Å²) in [4.78, 5) is 16.5. The molecule has 2 aliphatic rings. The molecule has 1 aliphatic heterocycles. The van der Waals surface area contributed by atoms with Crippen LogP contribution in [0.1, 0.15) is 11.5 Å². The largest absolute Gasteiger partial charge is 0.490 e. The van der Waals surface area contributed by atoms with Gasteiger partial charge in [0.2, 0.25) is 0 Å². The Morgan fingerprint density at radius 3 is 2.74 bits per heavy atom. The van der Waals surface area contributed by atoms with Crippen molar-refractivity contribution in [2.45, 2.75) is 12.0 Å². The number of hydrogen-bond donors (Lipinski definition) is 2. The third-order valence-corrected chi connectivity index (χ3v) is 5.56. The quantitative estimate of drug-likeness (QED) is 0.588. The van der Waals surface area contributed by atoms with Crippen molar-refractivity contribution in [2.24, 2.45) is 5.92 Å². The van der Waals surface area contributed by atoms with Crippen LogP contribution in [-0.2, 0) is 0 Å². The fourth-order valence-corrected chi connectivity index (χ4v) is 4.02. The number of urea groups is 1. The molecular weight excluding hydrogens is 428 g/mol. The smallest absolute Gasteiger partial charge is 0.320 e. The number of nitrogens with zero attached hydrogens (tertiary/aromatic N) is 1. The highest BCUT2D eigenvalue weighted by atomic mass is 35.5. The predicted octanol–water partition coefficient (Wildman–Crippen LogP) is 5.10. The number of carbonyl (C=O) groups is 1. The van der Waals surface area contributed by atoms with Crippen LogP contribution in [0.2, 0.25) is 5.02 Å². The number of halogens is 3. The maximum Gasteiger partial charge on any atom is 0.320 e. The van der Waals surface area contributed by atoms with Crippen LogP contribution in [-0.4, -0.2) is 23.7 Å². The number of nitrogens with one attached hydrogen (secondary N) is 2. The summed E-state index contributed by atoms with van der Waals surface area (Å²) in [5.41, 5.74) is 0.183. The molecule has 1 fully saturated rings. The molecule has 0 radical (unpaired) electrons. The predicted molar refractivity (Wildman–Crippen MR) is 110 cm³/mol. The van der Waals surface area contributed by atoms with Crippen molar-refractivity contribution in [2.75, 3.05) is 11.9 Å². The van der Waals surface area contributed by atoms with E-state index < -0.39 is 17.7 Å². The molecule has 0 spiro atoms.